The summed E-state index contributed by atoms with van der Waals surface area (Å²) in [5.41, 5.74) is 7.94. The van der Waals surface area contributed by atoms with Crippen molar-refractivity contribution in [2.75, 3.05) is 18.1 Å². The Morgan fingerprint density at radius 3 is 1.97 bits per heavy atom. The SMILES string of the molecule is Cc1cc(C)c(N2C=CN(C[C@@H](N[C@@H](C)c3ccccc3)c3ccccc3)C2)c(C)c1.[Cl][Ag]. The number of halogens is 1. The summed E-state index contributed by atoms with van der Waals surface area (Å²) >= 11 is 2.42. The summed E-state index contributed by atoms with van der Waals surface area (Å²) in [5, 5.41) is 3.87. The van der Waals surface area contributed by atoms with Crippen molar-refractivity contribution in [1.82, 2.24) is 10.2 Å². The van der Waals surface area contributed by atoms with Crippen LogP contribution in [0, 0.1) is 20.8 Å². The molecule has 178 valence electrons. The number of aryl methyl sites for hydroxylation is 3. The first kappa shape index (κ1) is 25.6. The summed E-state index contributed by atoms with van der Waals surface area (Å²) in [4.78, 5) is 4.77. The Balaban J connectivity index is 0.00000149. The number of hydrogen-bond donors (Lipinski definition) is 1. The minimum absolute atomic E-state index is 0.237. The molecule has 1 N–H and O–H groups in total. The molecule has 3 nitrogen and oxygen atoms in total. The molecule has 1 heterocycles. The van der Waals surface area contributed by atoms with Crippen LogP contribution < -0.4 is 10.2 Å². The summed E-state index contributed by atoms with van der Waals surface area (Å²) in [6.07, 6.45) is 4.44. The molecule has 0 fully saturated rings. The maximum absolute atomic E-state index is 4.45. The number of nitrogens with zero attached hydrogens (tertiary/aromatic N) is 2. The molecule has 5 heteroatoms. The first-order valence-corrected chi connectivity index (χ1v) is 13.2. The van der Waals surface area contributed by atoms with Crippen molar-refractivity contribution in [1.29, 1.82) is 0 Å². The Labute approximate surface area is 215 Å². The third kappa shape index (κ3) is 6.75. The van der Waals surface area contributed by atoms with E-state index in [4.69, 9.17) is 0 Å². The van der Waals surface area contributed by atoms with Gasteiger partial charge >= 0.3 is 29.2 Å². The van der Waals surface area contributed by atoms with E-state index in [0.29, 0.717) is 0 Å². The predicted octanol–water partition coefficient (Wildman–Crippen LogP) is 6.94. The van der Waals surface area contributed by atoms with Gasteiger partial charge in [0.05, 0.1) is 12.7 Å². The molecular formula is C28H33AgClN3. The molecule has 0 saturated heterocycles. The van der Waals surface area contributed by atoms with Gasteiger partial charge in [-0.2, -0.15) is 0 Å². The topological polar surface area (TPSA) is 18.5 Å². The van der Waals surface area contributed by atoms with Gasteiger partial charge < -0.3 is 15.1 Å². The van der Waals surface area contributed by atoms with Gasteiger partial charge in [-0.3, -0.25) is 0 Å². The third-order valence-electron chi connectivity index (χ3n) is 6.08. The molecule has 0 aliphatic carbocycles. The molecule has 3 aromatic carbocycles. The van der Waals surface area contributed by atoms with E-state index in [9.17, 15) is 0 Å². The molecule has 0 unspecified atom stereocenters. The van der Waals surface area contributed by atoms with Gasteiger partial charge in [-0.1, -0.05) is 78.4 Å². The normalized spacial score (nSPS) is 14.6. The van der Waals surface area contributed by atoms with Crippen LogP contribution in [0.4, 0.5) is 5.69 Å². The third-order valence-corrected chi connectivity index (χ3v) is 6.08. The maximum atomic E-state index is 4.45. The fourth-order valence-corrected chi connectivity index (χ4v) is 4.67. The molecule has 0 radical (unpaired) electrons. The van der Waals surface area contributed by atoms with Crippen molar-refractivity contribution in [3.05, 3.63) is 113 Å². The molecule has 4 rings (SSSR count). The van der Waals surface area contributed by atoms with Crippen LogP contribution in [-0.2, 0) is 20.0 Å². The average molecular weight is 555 g/mol. The number of anilines is 1. The molecule has 0 saturated carbocycles. The van der Waals surface area contributed by atoms with E-state index in [0.717, 1.165) is 13.2 Å². The van der Waals surface area contributed by atoms with Crippen molar-refractivity contribution in [2.24, 2.45) is 0 Å². The fourth-order valence-electron chi connectivity index (χ4n) is 4.67. The standard InChI is InChI=1S/C28H33N3.Ag.ClH/c1-21-17-22(2)28(23(3)18-21)31-16-15-30(20-31)19-27(26-13-9-6-10-14-26)29-24(4)25-11-7-5-8-12-25;;/h5-18,24,27,29H,19-20H2,1-4H3;;1H/q;+1;/p-1/t24-,27+;;/m0../s1. The second-order valence-electron chi connectivity index (χ2n) is 8.69. The quantitative estimate of drug-likeness (QED) is 0.319. The Bertz CT molecular complexity index is 1020. The molecule has 1 aliphatic heterocycles. The van der Waals surface area contributed by atoms with Crippen LogP contribution in [-0.4, -0.2) is 18.1 Å². The van der Waals surface area contributed by atoms with Crippen molar-refractivity contribution in [2.45, 2.75) is 39.8 Å². The molecule has 1 aliphatic rings. The fraction of sp³-hybridized carbons (Fsp3) is 0.286. The van der Waals surface area contributed by atoms with Gasteiger partial charge in [-0.05, 0) is 49.9 Å². The Hall–Kier alpha value is -2.01. The zero-order valence-corrected chi connectivity index (χ0v) is 22.0. The molecule has 3 aromatic rings. The van der Waals surface area contributed by atoms with Crippen LogP contribution in [0.25, 0.3) is 0 Å². The number of nitrogens with one attached hydrogen (secondary N) is 1. The van der Waals surface area contributed by atoms with Crippen molar-refractivity contribution in [3.8, 4) is 0 Å². The van der Waals surface area contributed by atoms with Crippen LogP contribution in [0.3, 0.4) is 0 Å². The van der Waals surface area contributed by atoms with Gasteiger partial charge in [0, 0.05) is 30.7 Å². The van der Waals surface area contributed by atoms with E-state index >= 15 is 0 Å². The van der Waals surface area contributed by atoms with Crippen LogP contribution in [0.1, 0.15) is 46.8 Å². The van der Waals surface area contributed by atoms with Crippen molar-refractivity contribution >= 4 is 14.9 Å². The zero-order valence-electron chi connectivity index (χ0n) is 19.7. The van der Waals surface area contributed by atoms with Gasteiger partial charge in [0.25, 0.3) is 0 Å². The van der Waals surface area contributed by atoms with E-state index in [1.165, 1.54) is 33.5 Å². The monoisotopic (exact) mass is 553 g/mol. The number of benzene rings is 3. The van der Waals surface area contributed by atoms with Gasteiger partial charge in [0.1, 0.15) is 0 Å². The first-order chi connectivity index (χ1) is 16.0. The van der Waals surface area contributed by atoms with E-state index in [-0.39, 0.29) is 12.1 Å². The molecule has 2 atom stereocenters. The molecular weight excluding hydrogens is 522 g/mol. The average Bonchev–Trinajstić information content (AvgIpc) is 3.28. The number of rotatable bonds is 7. The Morgan fingerprint density at radius 1 is 0.848 bits per heavy atom. The summed E-state index contributed by atoms with van der Waals surface area (Å²) < 4.78 is 0. The van der Waals surface area contributed by atoms with Crippen LogP contribution >= 0.6 is 9.19 Å². The first-order valence-electron chi connectivity index (χ1n) is 11.3. The molecule has 33 heavy (non-hydrogen) atoms. The van der Waals surface area contributed by atoms with Gasteiger partial charge in [-0.25, -0.2) is 0 Å². The van der Waals surface area contributed by atoms with Crippen LogP contribution in [0.5, 0.6) is 0 Å². The van der Waals surface area contributed by atoms with Crippen LogP contribution in [0.15, 0.2) is 85.2 Å². The summed E-state index contributed by atoms with van der Waals surface area (Å²) in [6.45, 7) is 10.6. The van der Waals surface area contributed by atoms with Gasteiger partial charge in [0.2, 0.25) is 0 Å². The van der Waals surface area contributed by atoms with E-state index in [2.05, 4.69) is 157 Å². The Kier molecular flexibility index (Phi) is 9.66. The van der Waals surface area contributed by atoms with Crippen molar-refractivity contribution < 1.29 is 20.0 Å². The molecule has 0 bridgehead atoms. The zero-order chi connectivity index (χ0) is 23.8. The Morgan fingerprint density at radius 2 is 1.39 bits per heavy atom. The summed E-state index contributed by atoms with van der Waals surface area (Å²) in [7, 11) is 4.45. The van der Waals surface area contributed by atoms with Crippen LogP contribution in [0.2, 0.25) is 0 Å². The molecule has 0 amide bonds. The van der Waals surface area contributed by atoms with Gasteiger partial charge in [0.15, 0.2) is 0 Å². The van der Waals surface area contributed by atoms with Gasteiger partial charge in [-0.15, -0.1) is 0 Å². The number of hydrogen-bond acceptors (Lipinski definition) is 3. The molecule has 0 aromatic heterocycles. The van der Waals surface area contributed by atoms with E-state index in [1.54, 1.807) is 0 Å². The predicted molar refractivity (Wildman–Crippen MR) is 137 cm³/mol. The van der Waals surface area contributed by atoms with Crippen molar-refractivity contribution in [3.63, 3.8) is 0 Å². The van der Waals surface area contributed by atoms with E-state index < -0.39 is 0 Å². The minimum atomic E-state index is 0.237. The second kappa shape index (κ2) is 12.5. The summed E-state index contributed by atoms with van der Waals surface area (Å²) in [6, 6.07) is 26.5. The van der Waals surface area contributed by atoms with E-state index in [1.807, 2.05) is 0 Å². The molecule has 0 spiro atoms. The second-order valence-corrected chi connectivity index (χ2v) is 8.69. The summed E-state index contributed by atoms with van der Waals surface area (Å²) in [5.74, 6) is 0.